The monoisotopic (exact) mass is 381 g/mol. The molecule has 2 N–H and O–H groups in total. The van der Waals surface area contributed by atoms with E-state index in [-0.39, 0.29) is 6.42 Å². The van der Waals surface area contributed by atoms with Gasteiger partial charge in [0.15, 0.2) is 0 Å². The molecule has 2 aromatic carbocycles. The Balaban J connectivity index is 1.73. The predicted octanol–water partition coefficient (Wildman–Crippen LogP) is 4.25. The number of amides is 1. The van der Waals surface area contributed by atoms with Crippen LogP contribution in [0.25, 0.3) is 0 Å². The number of carbonyl (C=O) groups is 1. The molecule has 0 spiro atoms. The molecular formula is C20H19F4NO2. The van der Waals surface area contributed by atoms with Crippen LogP contribution in [-0.4, -0.2) is 11.0 Å². The summed E-state index contributed by atoms with van der Waals surface area (Å²) in [5.74, 6) is -0.945. The highest BCUT2D eigenvalue weighted by Gasteiger charge is 2.47. The zero-order chi connectivity index (χ0) is 19.9. The van der Waals surface area contributed by atoms with Crippen LogP contribution in [0.3, 0.4) is 0 Å². The van der Waals surface area contributed by atoms with Gasteiger partial charge in [0.05, 0.1) is 23.1 Å². The standard InChI is InChI=1S/C20H19F4NO2/c1-18(27,13-5-7-16(21)8-6-13)12-17(26)25-19(9-10-19)14-3-2-4-15(11-14)20(22,23)24/h2-8,11,27H,9-10,12H2,1H3,(H,25,26)/t18-/m1/s1. The minimum atomic E-state index is -4.46. The van der Waals surface area contributed by atoms with E-state index >= 15 is 0 Å². The Hall–Kier alpha value is -2.41. The molecule has 1 amide bonds. The van der Waals surface area contributed by atoms with Crippen LogP contribution in [0.2, 0.25) is 0 Å². The van der Waals surface area contributed by atoms with Crippen molar-refractivity contribution in [2.75, 3.05) is 0 Å². The second kappa shape index (κ2) is 6.64. The van der Waals surface area contributed by atoms with E-state index in [1.165, 1.54) is 37.3 Å². The van der Waals surface area contributed by atoms with Gasteiger partial charge in [-0.1, -0.05) is 24.3 Å². The summed E-state index contributed by atoms with van der Waals surface area (Å²) in [4.78, 5) is 12.4. The van der Waals surface area contributed by atoms with E-state index in [4.69, 9.17) is 0 Å². The zero-order valence-corrected chi connectivity index (χ0v) is 14.6. The van der Waals surface area contributed by atoms with Crippen LogP contribution in [0, 0.1) is 5.82 Å². The van der Waals surface area contributed by atoms with Crippen molar-refractivity contribution in [2.24, 2.45) is 0 Å². The first-order chi connectivity index (χ1) is 12.5. The summed E-state index contributed by atoms with van der Waals surface area (Å²) in [6.45, 7) is 1.43. The lowest BCUT2D eigenvalue weighted by atomic mass is 9.91. The van der Waals surface area contributed by atoms with Gasteiger partial charge in [0.25, 0.3) is 0 Å². The van der Waals surface area contributed by atoms with Crippen LogP contribution in [0.5, 0.6) is 0 Å². The molecule has 7 heteroatoms. The molecule has 0 aliphatic heterocycles. The summed E-state index contributed by atoms with van der Waals surface area (Å²) in [5, 5.41) is 13.3. The van der Waals surface area contributed by atoms with Gasteiger partial charge in [-0.15, -0.1) is 0 Å². The van der Waals surface area contributed by atoms with Crippen LogP contribution < -0.4 is 5.32 Å². The fourth-order valence-corrected chi connectivity index (χ4v) is 3.14. The summed E-state index contributed by atoms with van der Waals surface area (Å²) >= 11 is 0. The van der Waals surface area contributed by atoms with Gasteiger partial charge >= 0.3 is 6.18 Å². The molecule has 3 nitrogen and oxygen atoms in total. The highest BCUT2D eigenvalue weighted by molar-refractivity contribution is 5.79. The van der Waals surface area contributed by atoms with Crippen LogP contribution in [-0.2, 0) is 22.1 Å². The van der Waals surface area contributed by atoms with Gasteiger partial charge in [0, 0.05) is 0 Å². The molecule has 2 aromatic rings. The first-order valence-electron chi connectivity index (χ1n) is 8.49. The van der Waals surface area contributed by atoms with Gasteiger partial charge in [0.1, 0.15) is 5.82 Å². The molecule has 1 fully saturated rings. The van der Waals surface area contributed by atoms with Gasteiger partial charge in [-0.2, -0.15) is 13.2 Å². The molecule has 1 aliphatic carbocycles. The second-order valence-corrected chi connectivity index (χ2v) is 7.17. The van der Waals surface area contributed by atoms with Crippen molar-refractivity contribution < 1.29 is 27.5 Å². The number of alkyl halides is 3. The lowest BCUT2D eigenvalue weighted by molar-refractivity contribution is -0.137. The molecule has 0 heterocycles. The van der Waals surface area contributed by atoms with Crippen molar-refractivity contribution in [1.82, 2.24) is 5.32 Å². The SMILES string of the molecule is C[C@@](O)(CC(=O)NC1(c2cccc(C(F)(F)F)c2)CC1)c1ccc(F)cc1. The van der Waals surface area contributed by atoms with E-state index in [1.54, 1.807) is 6.07 Å². The number of hydrogen-bond donors (Lipinski definition) is 2. The quantitative estimate of drug-likeness (QED) is 0.761. The molecule has 0 unspecified atom stereocenters. The van der Waals surface area contributed by atoms with Gasteiger partial charge in [-0.05, 0) is 55.2 Å². The van der Waals surface area contributed by atoms with E-state index in [0.29, 0.717) is 24.0 Å². The highest BCUT2D eigenvalue weighted by Crippen LogP contribution is 2.47. The molecule has 0 bridgehead atoms. The van der Waals surface area contributed by atoms with Crippen molar-refractivity contribution in [3.8, 4) is 0 Å². The Morgan fingerprint density at radius 2 is 1.74 bits per heavy atom. The minimum absolute atomic E-state index is 0.292. The van der Waals surface area contributed by atoms with E-state index < -0.39 is 34.6 Å². The maximum atomic E-state index is 13.0. The smallest absolute Gasteiger partial charge is 0.385 e. The third kappa shape index (κ3) is 4.30. The lowest BCUT2D eigenvalue weighted by Gasteiger charge is -2.26. The fourth-order valence-electron chi connectivity index (χ4n) is 3.14. The van der Waals surface area contributed by atoms with Crippen LogP contribution in [0.15, 0.2) is 48.5 Å². The van der Waals surface area contributed by atoms with Crippen molar-refractivity contribution in [2.45, 2.75) is 43.5 Å². The van der Waals surface area contributed by atoms with Crippen molar-refractivity contribution >= 4 is 5.91 Å². The number of rotatable bonds is 5. The van der Waals surface area contributed by atoms with Gasteiger partial charge in [0.2, 0.25) is 5.91 Å². The van der Waals surface area contributed by atoms with E-state index in [2.05, 4.69) is 5.32 Å². The van der Waals surface area contributed by atoms with E-state index in [0.717, 1.165) is 12.1 Å². The molecular weight excluding hydrogens is 362 g/mol. The van der Waals surface area contributed by atoms with Crippen molar-refractivity contribution in [3.05, 3.63) is 71.0 Å². The fraction of sp³-hybridized carbons (Fsp3) is 0.350. The molecule has 0 saturated heterocycles. The molecule has 1 aliphatic rings. The normalized spacial score (nSPS) is 17.9. The van der Waals surface area contributed by atoms with E-state index in [9.17, 15) is 27.5 Å². The Kier molecular flexibility index (Phi) is 4.76. The molecule has 0 radical (unpaired) electrons. The third-order valence-corrected chi connectivity index (χ3v) is 4.84. The third-order valence-electron chi connectivity index (χ3n) is 4.84. The molecule has 0 aromatic heterocycles. The number of carbonyl (C=O) groups excluding carboxylic acids is 1. The number of nitrogens with one attached hydrogen (secondary N) is 1. The number of benzene rings is 2. The number of halogens is 4. The summed E-state index contributed by atoms with van der Waals surface area (Å²) in [7, 11) is 0. The lowest BCUT2D eigenvalue weighted by Crippen LogP contribution is -2.39. The van der Waals surface area contributed by atoms with Crippen LogP contribution >= 0.6 is 0 Å². The van der Waals surface area contributed by atoms with Crippen molar-refractivity contribution in [1.29, 1.82) is 0 Å². The largest absolute Gasteiger partial charge is 0.416 e. The van der Waals surface area contributed by atoms with Gasteiger partial charge < -0.3 is 10.4 Å². The summed E-state index contributed by atoms with van der Waals surface area (Å²) in [5.41, 5.74) is -2.35. The first-order valence-corrected chi connectivity index (χ1v) is 8.49. The topological polar surface area (TPSA) is 49.3 Å². The predicted molar refractivity (Wildman–Crippen MR) is 91.1 cm³/mol. The Morgan fingerprint density at radius 3 is 2.30 bits per heavy atom. The Morgan fingerprint density at radius 1 is 1.11 bits per heavy atom. The Labute approximate surface area is 154 Å². The van der Waals surface area contributed by atoms with Crippen LogP contribution in [0.1, 0.15) is 42.9 Å². The van der Waals surface area contributed by atoms with Gasteiger partial charge in [-0.25, -0.2) is 4.39 Å². The molecule has 1 saturated carbocycles. The molecule has 1 atom stereocenters. The second-order valence-electron chi connectivity index (χ2n) is 7.17. The average Bonchev–Trinajstić information content (AvgIpc) is 3.34. The highest BCUT2D eigenvalue weighted by atomic mass is 19.4. The molecule has 27 heavy (non-hydrogen) atoms. The average molecular weight is 381 g/mol. The maximum absolute atomic E-state index is 13.0. The number of hydrogen-bond acceptors (Lipinski definition) is 2. The van der Waals surface area contributed by atoms with E-state index in [1.807, 2.05) is 0 Å². The van der Waals surface area contributed by atoms with Gasteiger partial charge in [-0.3, -0.25) is 4.79 Å². The van der Waals surface area contributed by atoms with Crippen LogP contribution in [0.4, 0.5) is 17.6 Å². The maximum Gasteiger partial charge on any atom is 0.416 e. The van der Waals surface area contributed by atoms with Crippen molar-refractivity contribution in [3.63, 3.8) is 0 Å². The first kappa shape index (κ1) is 19.4. The molecule has 3 rings (SSSR count). The molecule has 144 valence electrons. The minimum Gasteiger partial charge on any atom is -0.385 e. The zero-order valence-electron chi connectivity index (χ0n) is 14.6. The Bertz CT molecular complexity index is 840. The summed E-state index contributed by atoms with van der Waals surface area (Å²) in [6, 6.07) is 10.1. The number of aliphatic hydroxyl groups is 1. The summed E-state index contributed by atoms with van der Waals surface area (Å²) < 4.78 is 51.8. The summed E-state index contributed by atoms with van der Waals surface area (Å²) in [6.07, 6.45) is -3.70.